The van der Waals surface area contributed by atoms with Crippen molar-refractivity contribution in [3.05, 3.63) is 71.8 Å². The summed E-state index contributed by atoms with van der Waals surface area (Å²) in [5.74, 6) is -1.70. The van der Waals surface area contributed by atoms with E-state index in [1.165, 1.54) is 17.8 Å². The number of hydrogen-bond acceptors (Lipinski definition) is 13. The molecule has 5 atom stereocenters. The molecule has 5 rings (SSSR count). The third-order valence-electron chi connectivity index (χ3n) is 8.69. The second-order valence-electron chi connectivity index (χ2n) is 15.5. The highest BCUT2D eigenvalue weighted by atomic mass is 35.5. The quantitative estimate of drug-likeness (QED) is 0.0585. The van der Waals surface area contributed by atoms with Crippen LogP contribution in [0.5, 0.6) is 11.5 Å². The smallest absolute Gasteiger partial charge is 0.425 e. The molecule has 0 aliphatic carbocycles. The van der Waals surface area contributed by atoms with Crippen LogP contribution in [0.4, 0.5) is 19.8 Å². The number of imide groups is 1. The van der Waals surface area contributed by atoms with Gasteiger partial charge in [-0.2, -0.15) is 14.9 Å². The number of rotatable bonds is 12. The van der Waals surface area contributed by atoms with Gasteiger partial charge in [-0.1, -0.05) is 37.3 Å². The Balaban J connectivity index is 1.44. The maximum absolute atomic E-state index is 16.3. The summed E-state index contributed by atoms with van der Waals surface area (Å²) < 4.78 is 52.2. The Labute approximate surface area is 334 Å². The predicted octanol–water partition coefficient (Wildman–Crippen LogP) is 7.97. The Hall–Kier alpha value is -5.19. The number of hydrogen-bond donors (Lipinski definition) is 0. The zero-order valence-corrected chi connectivity index (χ0v) is 34.0. The molecule has 15 nitrogen and oxygen atoms in total. The summed E-state index contributed by atoms with van der Waals surface area (Å²) in [7, 11) is 0. The SMILES string of the molecule is CCOC(=O)C(Cc1cccc(Oc2ccccc2)c1)(OC[C@H]1O[C@@H](n2cnc3c(N(C(=O)OC(C)(C)C)C(=O)OC(C)(C)C)nc(Cl)nc32)[C@@H](F)[C@@H]1C)C(C)=O. The van der Waals surface area contributed by atoms with E-state index in [9.17, 15) is 19.2 Å². The minimum absolute atomic E-state index is 0.0290. The van der Waals surface area contributed by atoms with E-state index in [4.69, 9.17) is 40.0 Å². The molecule has 57 heavy (non-hydrogen) atoms. The minimum atomic E-state index is -2.11. The molecule has 1 aliphatic heterocycles. The van der Waals surface area contributed by atoms with Crippen LogP contribution in [0.25, 0.3) is 11.2 Å². The molecule has 0 radical (unpaired) electrons. The summed E-state index contributed by atoms with van der Waals surface area (Å²) >= 11 is 6.34. The number of carbonyl (C=O) groups excluding carboxylic acids is 4. The molecule has 1 fully saturated rings. The number of Topliss-reactive ketones (excluding diaryl/α,β-unsaturated/α-hetero) is 1. The molecule has 2 aromatic carbocycles. The molecule has 2 aromatic heterocycles. The van der Waals surface area contributed by atoms with Crippen molar-refractivity contribution < 1.29 is 52.0 Å². The van der Waals surface area contributed by atoms with Gasteiger partial charge in [-0.3, -0.25) is 9.36 Å². The molecule has 17 heteroatoms. The maximum Gasteiger partial charge on any atom is 0.425 e. The third kappa shape index (κ3) is 10.0. The van der Waals surface area contributed by atoms with E-state index in [0.717, 1.165) is 0 Å². The zero-order valence-electron chi connectivity index (χ0n) is 33.3. The summed E-state index contributed by atoms with van der Waals surface area (Å²) in [6.45, 7) is 13.7. The monoisotopic (exact) mass is 811 g/mol. The maximum atomic E-state index is 16.3. The molecule has 0 bridgehead atoms. The lowest BCUT2D eigenvalue weighted by atomic mass is 9.90. The second-order valence-corrected chi connectivity index (χ2v) is 15.8. The van der Waals surface area contributed by atoms with Crippen molar-refractivity contribution in [3.63, 3.8) is 0 Å². The predicted molar refractivity (Wildman–Crippen MR) is 206 cm³/mol. The number of alkyl halides is 1. The Morgan fingerprint density at radius 1 is 0.930 bits per heavy atom. The first kappa shape index (κ1) is 42.9. The number of amides is 2. The van der Waals surface area contributed by atoms with E-state index in [2.05, 4.69) is 15.0 Å². The number of fused-ring (bicyclic) bond motifs is 1. The second kappa shape index (κ2) is 17.1. The summed E-state index contributed by atoms with van der Waals surface area (Å²) in [6, 6.07) is 16.0. The number of aromatic nitrogens is 4. The Kier molecular flexibility index (Phi) is 12.9. The van der Waals surface area contributed by atoms with Crippen molar-refractivity contribution in [1.29, 1.82) is 0 Å². The van der Waals surface area contributed by atoms with Crippen LogP contribution < -0.4 is 9.64 Å². The first-order valence-corrected chi connectivity index (χ1v) is 18.7. The number of anilines is 1. The topological polar surface area (TPSA) is 170 Å². The van der Waals surface area contributed by atoms with Crippen LogP contribution in [-0.2, 0) is 39.7 Å². The van der Waals surface area contributed by atoms with Gasteiger partial charge in [0.15, 0.2) is 35.2 Å². The fourth-order valence-corrected chi connectivity index (χ4v) is 6.15. The summed E-state index contributed by atoms with van der Waals surface area (Å²) in [5, 5.41) is -0.406. The number of esters is 1. The van der Waals surface area contributed by atoms with Gasteiger partial charge >= 0.3 is 18.2 Å². The third-order valence-corrected chi connectivity index (χ3v) is 8.86. The van der Waals surface area contributed by atoms with Gasteiger partial charge in [0.2, 0.25) is 10.9 Å². The van der Waals surface area contributed by atoms with E-state index < -0.39 is 77.1 Å². The Morgan fingerprint density at radius 3 is 2.16 bits per heavy atom. The van der Waals surface area contributed by atoms with Crippen molar-refractivity contribution in [1.82, 2.24) is 19.5 Å². The normalized spacial score (nSPS) is 19.4. The molecule has 2 amide bonds. The van der Waals surface area contributed by atoms with Gasteiger partial charge in [0.1, 0.15) is 22.7 Å². The summed E-state index contributed by atoms with van der Waals surface area (Å²) in [5.41, 5.74) is -3.81. The molecule has 0 N–H and O–H groups in total. The minimum Gasteiger partial charge on any atom is -0.463 e. The van der Waals surface area contributed by atoms with Crippen LogP contribution in [0.1, 0.15) is 74.1 Å². The highest BCUT2D eigenvalue weighted by molar-refractivity contribution is 6.29. The van der Waals surface area contributed by atoms with E-state index in [1.807, 2.05) is 18.2 Å². The fraction of sp³-hybridized carbons (Fsp3) is 0.475. The van der Waals surface area contributed by atoms with Crippen molar-refractivity contribution >= 4 is 52.5 Å². The van der Waals surface area contributed by atoms with Crippen LogP contribution in [0.15, 0.2) is 60.9 Å². The number of para-hydroxylation sites is 1. The van der Waals surface area contributed by atoms with E-state index in [-0.39, 0.29) is 30.0 Å². The van der Waals surface area contributed by atoms with Crippen molar-refractivity contribution in [2.24, 2.45) is 5.92 Å². The highest BCUT2D eigenvalue weighted by Gasteiger charge is 2.50. The molecule has 306 valence electrons. The molecular formula is C40H47ClFN5O10. The number of ketones is 1. The molecule has 1 saturated heterocycles. The molecule has 1 unspecified atom stereocenters. The average Bonchev–Trinajstić information content (AvgIpc) is 3.65. The van der Waals surface area contributed by atoms with Gasteiger partial charge in [0, 0.05) is 12.3 Å². The molecule has 3 heterocycles. The number of benzene rings is 2. The van der Waals surface area contributed by atoms with Crippen molar-refractivity contribution in [3.8, 4) is 11.5 Å². The van der Waals surface area contributed by atoms with Crippen LogP contribution in [0.2, 0.25) is 5.28 Å². The number of halogens is 2. The molecule has 0 saturated carbocycles. The first-order valence-electron chi connectivity index (χ1n) is 18.3. The number of nitrogens with zero attached hydrogens (tertiary/aromatic N) is 5. The van der Waals surface area contributed by atoms with Crippen LogP contribution in [0.3, 0.4) is 0 Å². The van der Waals surface area contributed by atoms with Crippen molar-refractivity contribution in [2.75, 3.05) is 18.1 Å². The van der Waals surface area contributed by atoms with Crippen LogP contribution in [-0.4, -0.2) is 85.8 Å². The fourth-order valence-electron chi connectivity index (χ4n) is 5.99. The van der Waals surface area contributed by atoms with E-state index >= 15 is 4.39 Å². The van der Waals surface area contributed by atoms with E-state index in [1.54, 1.807) is 91.8 Å². The first-order chi connectivity index (χ1) is 26.7. The zero-order chi connectivity index (χ0) is 41.9. The lowest BCUT2D eigenvalue weighted by molar-refractivity contribution is -0.182. The van der Waals surface area contributed by atoms with Gasteiger partial charge < -0.3 is 28.4 Å². The van der Waals surface area contributed by atoms with Crippen LogP contribution >= 0.6 is 11.6 Å². The number of imidazole rings is 1. The van der Waals surface area contributed by atoms with Gasteiger partial charge in [-0.25, -0.2) is 23.8 Å². The Bertz CT molecular complexity index is 2080. The molecule has 1 aliphatic rings. The standard InChI is InChI=1S/C40H47ClFN5O10/c1-10-52-34(49)40(24(3)48,20-25-15-14-18-27(19-25)54-26-16-12-11-13-17-26)53-21-28-23(2)29(42)33(55-28)46-22-43-30-31(46)44-35(41)45-32(30)47(36(50)56-38(4,5)6)37(51)57-39(7,8)9/h11-19,22-23,28-29,33H,10,20-21H2,1-9H3/t23-,28-,29+,33-,40?/m1/s1. The van der Waals surface area contributed by atoms with Gasteiger partial charge in [0.05, 0.1) is 25.6 Å². The Morgan fingerprint density at radius 2 is 1.56 bits per heavy atom. The number of ether oxygens (including phenoxy) is 6. The summed E-state index contributed by atoms with van der Waals surface area (Å²) in [6.07, 6.45) is -5.35. The lowest BCUT2D eigenvalue weighted by Crippen LogP contribution is -2.52. The molecular weight excluding hydrogens is 765 g/mol. The average molecular weight is 812 g/mol. The highest BCUT2D eigenvalue weighted by Crippen LogP contribution is 2.40. The van der Waals surface area contributed by atoms with Crippen molar-refractivity contribution in [2.45, 2.75) is 104 Å². The van der Waals surface area contributed by atoms with Gasteiger partial charge in [0.25, 0.3) is 0 Å². The van der Waals surface area contributed by atoms with E-state index in [0.29, 0.717) is 22.0 Å². The molecule has 0 spiro atoms. The molecule has 4 aromatic rings. The number of carbonyl (C=O) groups is 4. The largest absolute Gasteiger partial charge is 0.463 e. The lowest BCUT2D eigenvalue weighted by Gasteiger charge is -2.31. The summed E-state index contributed by atoms with van der Waals surface area (Å²) in [4.78, 5) is 67.1. The van der Waals surface area contributed by atoms with Gasteiger partial charge in [-0.15, -0.1) is 0 Å². The van der Waals surface area contributed by atoms with Crippen LogP contribution in [0, 0.1) is 5.92 Å². The van der Waals surface area contributed by atoms with Gasteiger partial charge in [-0.05, 0) is 96.8 Å².